The first kappa shape index (κ1) is 10.1. The second-order valence-corrected chi connectivity index (χ2v) is 2.86. The van der Waals surface area contributed by atoms with Crippen LogP contribution in [0.15, 0.2) is 27.8 Å². The van der Waals surface area contributed by atoms with Crippen molar-refractivity contribution < 1.29 is 4.52 Å². The molecule has 0 bridgehead atoms. The Morgan fingerprint density at radius 3 is 2.88 bits per heavy atom. The van der Waals surface area contributed by atoms with E-state index < -0.39 is 5.76 Å². The Bertz CT molecular complexity index is 589. The minimum atomic E-state index is -0.565. The molecule has 6 heteroatoms. The van der Waals surface area contributed by atoms with E-state index in [-0.39, 0.29) is 12.4 Å². The van der Waals surface area contributed by atoms with E-state index in [4.69, 9.17) is 0 Å². The lowest BCUT2D eigenvalue weighted by Crippen LogP contribution is -2.15. The molecule has 0 radical (unpaired) electrons. The predicted octanol–water partition coefficient (Wildman–Crippen LogP) is 0.317. The van der Waals surface area contributed by atoms with Crippen LogP contribution in [0.2, 0.25) is 0 Å². The minimum absolute atomic E-state index is 0.215. The number of rotatable bonds is 2. The Balaban J connectivity index is 2.49. The third-order valence-corrected chi connectivity index (χ3v) is 1.87. The summed E-state index contributed by atoms with van der Waals surface area (Å²) in [7, 11) is 0. The molecule has 2 rings (SSSR count). The van der Waals surface area contributed by atoms with E-state index in [1.807, 2.05) is 0 Å². The molecule has 80 valence electrons. The average molecular weight is 216 g/mol. The van der Waals surface area contributed by atoms with Crippen LogP contribution in [0.25, 0.3) is 11.6 Å². The van der Waals surface area contributed by atoms with Crippen molar-refractivity contribution in [2.45, 2.75) is 13.5 Å². The monoisotopic (exact) mass is 216 g/mol. The molecule has 0 atom stereocenters. The Morgan fingerprint density at radius 1 is 1.44 bits per heavy atom. The molecule has 6 nitrogen and oxygen atoms in total. The van der Waals surface area contributed by atoms with Crippen molar-refractivity contribution in [1.29, 1.82) is 0 Å². The van der Waals surface area contributed by atoms with Gasteiger partial charge in [-0.05, 0) is 13.0 Å². The maximum absolute atomic E-state index is 11.3. The van der Waals surface area contributed by atoms with Crippen LogP contribution in [0.3, 0.4) is 0 Å². The Labute approximate surface area is 90.9 Å². The first-order valence-electron chi connectivity index (χ1n) is 4.56. The zero-order valence-corrected chi connectivity index (χ0v) is 8.54. The Morgan fingerprint density at radius 2 is 2.19 bits per heavy atom. The maximum atomic E-state index is 11.3. The van der Waals surface area contributed by atoms with Gasteiger partial charge < -0.3 is 0 Å². The Hall–Kier alpha value is -2.42. The molecule has 0 N–H and O–H groups in total. The molecule has 2 aromatic rings. The normalized spacial score (nSPS) is 9.56. The van der Waals surface area contributed by atoms with Crippen molar-refractivity contribution >= 4 is 0 Å². The predicted molar refractivity (Wildman–Crippen MR) is 55.2 cm³/mol. The van der Waals surface area contributed by atoms with Gasteiger partial charge in [0.25, 0.3) is 0 Å². The molecule has 16 heavy (non-hydrogen) atoms. The van der Waals surface area contributed by atoms with E-state index in [9.17, 15) is 4.79 Å². The first-order valence-corrected chi connectivity index (χ1v) is 4.56. The van der Waals surface area contributed by atoms with E-state index in [1.54, 1.807) is 25.4 Å². The lowest BCUT2D eigenvalue weighted by molar-refractivity contribution is 0.379. The summed E-state index contributed by atoms with van der Waals surface area (Å²) in [5, 5.41) is 3.62. The van der Waals surface area contributed by atoms with E-state index in [0.29, 0.717) is 5.82 Å². The van der Waals surface area contributed by atoms with Gasteiger partial charge in [-0.3, -0.25) is 4.52 Å². The van der Waals surface area contributed by atoms with E-state index in [1.165, 1.54) is 4.57 Å². The van der Waals surface area contributed by atoms with Crippen LogP contribution < -0.4 is 5.76 Å². The molecule has 0 aromatic carbocycles. The number of nitrogens with zero attached hydrogens (tertiary/aromatic N) is 4. The molecule has 0 aliphatic heterocycles. The third kappa shape index (κ3) is 1.83. The van der Waals surface area contributed by atoms with Crippen LogP contribution in [0.5, 0.6) is 0 Å². The molecule has 0 aliphatic carbocycles. The lowest BCUT2D eigenvalue weighted by atomic mass is 10.5. The fraction of sp³-hybridized carbons (Fsp3) is 0.200. The second-order valence-electron chi connectivity index (χ2n) is 2.86. The molecule has 0 fully saturated rings. The number of aromatic nitrogens is 4. The molecule has 0 aliphatic rings. The fourth-order valence-electron chi connectivity index (χ4n) is 1.14. The average Bonchev–Trinajstić information content (AvgIpc) is 2.69. The standard InChI is InChI=1S/C10H8N4O2/c1-2-3-7-14-9(13-16-10(14)15)8-11-5-4-6-12-8/h4-6H,7H2,1H3. The highest BCUT2D eigenvalue weighted by Gasteiger charge is 2.13. The van der Waals surface area contributed by atoms with Gasteiger partial charge in [0, 0.05) is 12.4 Å². The van der Waals surface area contributed by atoms with Crippen LogP contribution in [0.4, 0.5) is 0 Å². The van der Waals surface area contributed by atoms with Gasteiger partial charge in [-0.2, -0.15) is 0 Å². The lowest BCUT2D eigenvalue weighted by Gasteiger charge is -1.97. The largest absolute Gasteiger partial charge is 0.442 e. The highest BCUT2D eigenvalue weighted by atomic mass is 16.5. The van der Waals surface area contributed by atoms with Gasteiger partial charge in [0.2, 0.25) is 5.82 Å². The summed E-state index contributed by atoms with van der Waals surface area (Å²) >= 11 is 0. The molecular weight excluding hydrogens is 208 g/mol. The summed E-state index contributed by atoms with van der Waals surface area (Å²) in [6.45, 7) is 1.91. The third-order valence-electron chi connectivity index (χ3n) is 1.87. The van der Waals surface area contributed by atoms with Crippen LogP contribution in [-0.2, 0) is 6.54 Å². The van der Waals surface area contributed by atoms with Crippen LogP contribution in [-0.4, -0.2) is 19.7 Å². The fourth-order valence-corrected chi connectivity index (χ4v) is 1.14. The summed E-state index contributed by atoms with van der Waals surface area (Å²) in [6, 6.07) is 1.68. The first-order chi connectivity index (χ1) is 7.83. The van der Waals surface area contributed by atoms with Crippen molar-refractivity contribution in [2.24, 2.45) is 0 Å². The summed E-state index contributed by atoms with van der Waals surface area (Å²) in [4.78, 5) is 19.3. The van der Waals surface area contributed by atoms with E-state index in [2.05, 4.69) is 31.5 Å². The van der Waals surface area contributed by atoms with Gasteiger partial charge in [0.15, 0.2) is 5.82 Å². The van der Waals surface area contributed by atoms with Gasteiger partial charge in [-0.1, -0.05) is 11.1 Å². The van der Waals surface area contributed by atoms with Gasteiger partial charge in [-0.15, -0.1) is 5.92 Å². The molecule has 0 spiro atoms. The van der Waals surface area contributed by atoms with Crippen molar-refractivity contribution in [3.8, 4) is 23.5 Å². The highest BCUT2D eigenvalue weighted by Crippen LogP contribution is 2.07. The van der Waals surface area contributed by atoms with Gasteiger partial charge >= 0.3 is 5.76 Å². The van der Waals surface area contributed by atoms with Crippen LogP contribution in [0, 0.1) is 11.8 Å². The van der Waals surface area contributed by atoms with Crippen molar-refractivity contribution in [3.05, 3.63) is 29.0 Å². The summed E-state index contributed by atoms with van der Waals surface area (Å²) in [5.41, 5.74) is 0. The summed E-state index contributed by atoms with van der Waals surface area (Å²) in [6.07, 6.45) is 3.13. The number of hydrogen-bond acceptors (Lipinski definition) is 5. The van der Waals surface area contributed by atoms with E-state index >= 15 is 0 Å². The number of hydrogen-bond donors (Lipinski definition) is 0. The minimum Gasteiger partial charge on any atom is -0.295 e. The van der Waals surface area contributed by atoms with Crippen LogP contribution >= 0.6 is 0 Å². The zero-order valence-electron chi connectivity index (χ0n) is 8.54. The highest BCUT2D eigenvalue weighted by molar-refractivity contribution is 5.41. The zero-order chi connectivity index (χ0) is 11.4. The van der Waals surface area contributed by atoms with Gasteiger partial charge in [0.1, 0.15) is 0 Å². The van der Waals surface area contributed by atoms with Crippen LogP contribution in [0.1, 0.15) is 6.92 Å². The molecule has 0 saturated carbocycles. The molecule has 0 amide bonds. The molecule has 0 saturated heterocycles. The topological polar surface area (TPSA) is 73.8 Å². The Kier molecular flexibility index (Phi) is 2.78. The molecule has 2 aromatic heterocycles. The molecule has 0 unspecified atom stereocenters. The SMILES string of the molecule is CC#CCn1c(-c2ncccn2)noc1=O. The summed E-state index contributed by atoms with van der Waals surface area (Å²) < 4.78 is 5.84. The quantitative estimate of drug-likeness (QED) is 0.676. The molecule has 2 heterocycles. The molecular formula is C10H8N4O2. The van der Waals surface area contributed by atoms with Crippen molar-refractivity contribution in [3.63, 3.8) is 0 Å². The summed E-state index contributed by atoms with van der Waals surface area (Å²) in [5.74, 6) is 5.51. The maximum Gasteiger partial charge on any atom is 0.442 e. The van der Waals surface area contributed by atoms with Crippen molar-refractivity contribution in [2.75, 3.05) is 0 Å². The second kappa shape index (κ2) is 4.40. The van der Waals surface area contributed by atoms with E-state index in [0.717, 1.165) is 0 Å². The smallest absolute Gasteiger partial charge is 0.295 e. The van der Waals surface area contributed by atoms with Gasteiger partial charge in [0.05, 0.1) is 6.54 Å². The van der Waals surface area contributed by atoms with Crippen molar-refractivity contribution in [1.82, 2.24) is 19.7 Å². The van der Waals surface area contributed by atoms with Gasteiger partial charge in [-0.25, -0.2) is 19.3 Å².